The topological polar surface area (TPSA) is 55.8 Å². The predicted octanol–water partition coefficient (Wildman–Crippen LogP) is 2.94. The molecule has 2 rings (SSSR count). The molecule has 0 aromatic heterocycles. The number of halogens is 1. The maximum atomic E-state index is 11.0. The summed E-state index contributed by atoms with van der Waals surface area (Å²) in [6.45, 7) is 5.11. The molecule has 1 heterocycles. The van der Waals surface area contributed by atoms with Crippen LogP contribution in [0.2, 0.25) is 0 Å². The Balaban J connectivity index is 2.41. The minimum atomic E-state index is -0.994. The lowest BCUT2D eigenvalue weighted by Gasteiger charge is -2.19. The molecule has 0 saturated heterocycles. The summed E-state index contributed by atoms with van der Waals surface area (Å²) in [4.78, 5) is 11.0. The molecule has 0 aliphatic carbocycles. The van der Waals surface area contributed by atoms with E-state index >= 15 is 0 Å². The molecular weight excluding hydrogens is 288 g/mol. The molecule has 5 heteroatoms. The van der Waals surface area contributed by atoms with Crippen molar-refractivity contribution in [3.63, 3.8) is 0 Å². The van der Waals surface area contributed by atoms with Crippen LogP contribution < -0.4 is 9.47 Å². The Morgan fingerprint density at radius 2 is 1.82 bits per heavy atom. The lowest BCUT2D eigenvalue weighted by molar-refractivity contribution is 0.0695. The van der Waals surface area contributed by atoms with Gasteiger partial charge in [0.15, 0.2) is 11.5 Å². The molecule has 0 amide bonds. The van der Waals surface area contributed by atoms with Gasteiger partial charge in [0, 0.05) is 9.89 Å². The molecule has 1 aromatic rings. The van der Waals surface area contributed by atoms with Crippen molar-refractivity contribution in [1.29, 1.82) is 0 Å². The first-order chi connectivity index (χ1) is 7.89. The van der Waals surface area contributed by atoms with Crippen LogP contribution in [0.5, 0.6) is 11.5 Å². The first-order valence-electron chi connectivity index (χ1n) is 5.21. The molecule has 0 bridgehead atoms. The lowest BCUT2D eigenvalue weighted by atomic mass is 9.97. The highest BCUT2D eigenvalue weighted by Crippen LogP contribution is 2.37. The van der Waals surface area contributed by atoms with Gasteiger partial charge in [0.1, 0.15) is 0 Å². The SMILES string of the molecule is CC1(C)COc2cc(Br)c(C(=O)O)cc2OC1. The number of rotatable bonds is 1. The molecular formula is C12H13BrO4. The Kier molecular flexibility index (Phi) is 3.03. The highest BCUT2D eigenvalue weighted by atomic mass is 79.9. The Bertz CT molecular complexity index is 468. The van der Waals surface area contributed by atoms with Crippen molar-refractivity contribution in [2.45, 2.75) is 13.8 Å². The largest absolute Gasteiger partial charge is 0.489 e. The molecule has 1 aromatic carbocycles. The molecule has 4 nitrogen and oxygen atoms in total. The van der Waals surface area contributed by atoms with Crippen LogP contribution in [0.15, 0.2) is 16.6 Å². The fraction of sp³-hybridized carbons (Fsp3) is 0.417. The fourth-order valence-corrected chi connectivity index (χ4v) is 2.00. The van der Waals surface area contributed by atoms with E-state index in [1.807, 2.05) is 13.8 Å². The van der Waals surface area contributed by atoms with E-state index in [2.05, 4.69) is 15.9 Å². The Morgan fingerprint density at radius 1 is 1.29 bits per heavy atom. The minimum absolute atomic E-state index is 0.0884. The van der Waals surface area contributed by atoms with Gasteiger partial charge in [-0.05, 0) is 28.1 Å². The van der Waals surface area contributed by atoms with Crippen molar-refractivity contribution in [2.75, 3.05) is 13.2 Å². The number of hydrogen-bond acceptors (Lipinski definition) is 3. The number of carboxylic acids is 1. The second kappa shape index (κ2) is 4.22. The first kappa shape index (κ1) is 12.2. The van der Waals surface area contributed by atoms with Gasteiger partial charge in [0.05, 0.1) is 18.8 Å². The number of carboxylic acid groups (broad SMARTS) is 1. The maximum absolute atomic E-state index is 11.0. The lowest BCUT2D eigenvalue weighted by Crippen LogP contribution is -2.26. The van der Waals surface area contributed by atoms with Gasteiger partial charge in [-0.2, -0.15) is 0 Å². The van der Waals surface area contributed by atoms with Crippen molar-refractivity contribution in [2.24, 2.45) is 5.41 Å². The second-order valence-electron chi connectivity index (χ2n) is 4.83. The third-order valence-electron chi connectivity index (χ3n) is 2.50. The average molecular weight is 301 g/mol. The third-order valence-corrected chi connectivity index (χ3v) is 3.16. The molecule has 1 N–H and O–H groups in total. The van der Waals surface area contributed by atoms with E-state index in [4.69, 9.17) is 14.6 Å². The summed E-state index contributed by atoms with van der Waals surface area (Å²) in [5.41, 5.74) is 0.0848. The number of aromatic carboxylic acids is 1. The van der Waals surface area contributed by atoms with Gasteiger partial charge in [-0.3, -0.25) is 0 Å². The number of carbonyl (C=O) groups is 1. The van der Waals surface area contributed by atoms with E-state index in [1.165, 1.54) is 6.07 Å². The third kappa shape index (κ3) is 2.54. The van der Waals surface area contributed by atoms with Crippen LogP contribution >= 0.6 is 15.9 Å². The number of benzene rings is 1. The van der Waals surface area contributed by atoms with E-state index in [0.29, 0.717) is 29.2 Å². The van der Waals surface area contributed by atoms with Crippen LogP contribution in [0.1, 0.15) is 24.2 Å². The smallest absolute Gasteiger partial charge is 0.336 e. The van der Waals surface area contributed by atoms with Gasteiger partial charge in [0.2, 0.25) is 0 Å². The van der Waals surface area contributed by atoms with Gasteiger partial charge in [-0.25, -0.2) is 4.79 Å². The van der Waals surface area contributed by atoms with E-state index in [0.717, 1.165) is 0 Å². The molecule has 0 spiro atoms. The zero-order valence-corrected chi connectivity index (χ0v) is 11.2. The fourth-order valence-electron chi connectivity index (χ4n) is 1.51. The van der Waals surface area contributed by atoms with Crippen molar-refractivity contribution in [3.05, 3.63) is 22.2 Å². The molecule has 0 saturated carbocycles. The summed E-state index contributed by atoms with van der Waals surface area (Å²) in [6, 6.07) is 3.13. The van der Waals surface area contributed by atoms with E-state index in [1.54, 1.807) is 6.07 Å². The summed E-state index contributed by atoms with van der Waals surface area (Å²) in [5.74, 6) is 0.0652. The van der Waals surface area contributed by atoms with Crippen LogP contribution in [-0.2, 0) is 0 Å². The van der Waals surface area contributed by atoms with Crippen molar-refractivity contribution in [1.82, 2.24) is 0 Å². The molecule has 1 aliphatic rings. The summed E-state index contributed by atoms with van der Waals surface area (Å²) in [6.07, 6.45) is 0. The van der Waals surface area contributed by atoms with Crippen molar-refractivity contribution >= 4 is 21.9 Å². The van der Waals surface area contributed by atoms with Crippen LogP contribution in [0, 0.1) is 5.41 Å². The van der Waals surface area contributed by atoms with Gasteiger partial charge in [-0.1, -0.05) is 13.8 Å². The minimum Gasteiger partial charge on any atom is -0.489 e. The highest BCUT2D eigenvalue weighted by molar-refractivity contribution is 9.10. The van der Waals surface area contributed by atoms with Crippen molar-refractivity contribution in [3.8, 4) is 11.5 Å². The molecule has 92 valence electrons. The van der Waals surface area contributed by atoms with Crippen LogP contribution in [0.4, 0.5) is 0 Å². The first-order valence-corrected chi connectivity index (χ1v) is 6.01. The van der Waals surface area contributed by atoms with E-state index < -0.39 is 5.97 Å². The summed E-state index contributed by atoms with van der Waals surface area (Å²) in [7, 11) is 0. The predicted molar refractivity (Wildman–Crippen MR) is 65.9 cm³/mol. The monoisotopic (exact) mass is 300 g/mol. The Morgan fingerprint density at radius 3 is 2.35 bits per heavy atom. The summed E-state index contributed by atoms with van der Waals surface area (Å²) >= 11 is 3.21. The second-order valence-corrected chi connectivity index (χ2v) is 5.68. The molecule has 17 heavy (non-hydrogen) atoms. The Labute approximate surface area is 108 Å². The van der Waals surface area contributed by atoms with Gasteiger partial charge in [0.25, 0.3) is 0 Å². The van der Waals surface area contributed by atoms with Gasteiger partial charge < -0.3 is 14.6 Å². The zero-order valence-electron chi connectivity index (χ0n) is 9.62. The summed E-state index contributed by atoms with van der Waals surface area (Å²) in [5, 5.41) is 9.01. The molecule has 0 fully saturated rings. The summed E-state index contributed by atoms with van der Waals surface area (Å²) < 4.78 is 11.7. The highest BCUT2D eigenvalue weighted by Gasteiger charge is 2.26. The van der Waals surface area contributed by atoms with Crippen molar-refractivity contribution < 1.29 is 19.4 Å². The van der Waals surface area contributed by atoms with Crippen LogP contribution in [0.25, 0.3) is 0 Å². The maximum Gasteiger partial charge on any atom is 0.336 e. The quantitative estimate of drug-likeness (QED) is 0.866. The van der Waals surface area contributed by atoms with Gasteiger partial charge in [-0.15, -0.1) is 0 Å². The molecule has 1 aliphatic heterocycles. The van der Waals surface area contributed by atoms with E-state index in [9.17, 15) is 4.79 Å². The zero-order chi connectivity index (χ0) is 12.6. The molecule has 0 atom stereocenters. The molecule has 0 unspecified atom stereocenters. The normalized spacial score (nSPS) is 17.4. The van der Waals surface area contributed by atoms with Crippen LogP contribution in [0.3, 0.4) is 0 Å². The number of hydrogen-bond donors (Lipinski definition) is 1. The molecule has 0 radical (unpaired) electrons. The number of ether oxygens (including phenoxy) is 2. The average Bonchev–Trinajstić information content (AvgIpc) is 2.37. The van der Waals surface area contributed by atoms with Crippen LogP contribution in [-0.4, -0.2) is 24.3 Å². The Hall–Kier alpha value is -1.23. The number of fused-ring (bicyclic) bond motifs is 1. The van der Waals surface area contributed by atoms with Gasteiger partial charge >= 0.3 is 5.97 Å². The standard InChI is InChI=1S/C12H13BrO4/c1-12(2)5-16-9-3-7(11(14)15)8(13)4-10(9)17-6-12/h3-4H,5-6H2,1-2H3,(H,14,15). The van der Waals surface area contributed by atoms with E-state index in [-0.39, 0.29) is 11.0 Å².